The Morgan fingerprint density at radius 1 is 1.35 bits per heavy atom. The van der Waals surface area contributed by atoms with E-state index in [-0.39, 0.29) is 17.1 Å². The summed E-state index contributed by atoms with van der Waals surface area (Å²) in [7, 11) is 2.38. The SMILES string of the molecule is COC(=O)C(C#N)=Cc1ccc(C(=O)OC)o1. The standard InChI is InChI=1S/C11H9NO5/c1-15-10(13)7(6-12)5-8-3-4-9(17-8)11(14)16-2/h3-5H,1-2H3. The Hall–Kier alpha value is -2.55. The number of nitrogens with zero attached hydrogens (tertiary/aromatic N) is 1. The van der Waals surface area contributed by atoms with Crippen LogP contribution >= 0.6 is 0 Å². The summed E-state index contributed by atoms with van der Waals surface area (Å²) in [6.45, 7) is 0. The largest absolute Gasteiger partial charge is 0.465 e. The molecule has 0 bridgehead atoms. The number of methoxy groups -OCH3 is 2. The maximum absolute atomic E-state index is 11.1. The second-order valence-corrected chi connectivity index (χ2v) is 2.85. The highest BCUT2D eigenvalue weighted by Crippen LogP contribution is 2.13. The van der Waals surface area contributed by atoms with Crippen molar-refractivity contribution in [1.82, 2.24) is 0 Å². The summed E-state index contributed by atoms with van der Waals surface area (Å²) in [4.78, 5) is 22.2. The van der Waals surface area contributed by atoms with Gasteiger partial charge in [-0.3, -0.25) is 0 Å². The molecule has 0 saturated heterocycles. The van der Waals surface area contributed by atoms with E-state index in [4.69, 9.17) is 9.68 Å². The lowest BCUT2D eigenvalue weighted by atomic mass is 10.2. The van der Waals surface area contributed by atoms with E-state index in [1.807, 2.05) is 0 Å². The smallest absolute Gasteiger partial charge is 0.373 e. The minimum atomic E-state index is -0.775. The second-order valence-electron chi connectivity index (χ2n) is 2.85. The van der Waals surface area contributed by atoms with E-state index in [0.717, 1.165) is 7.11 Å². The first kappa shape index (κ1) is 12.5. The summed E-state index contributed by atoms with van der Waals surface area (Å²) >= 11 is 0. The molecule has 0 spiro atoms. The van der Waals surface area contributed by atoms with E-state index >= 15 is 0 Å². The lowest BCUT2D eigenvalue weighted by molar-refractivity contribution is -0.135. The van der Waals surface area contributed by atoms with Gasteiger partial charge >= 0.3 is 11.9 Å². The minimum Gasteiger partial charge on any atom is -0.465 e. The van der Waals surface area contributed by atoms with Crippen LogP contribution in [0.15, 0.2) is 22.1 Å². The van der Waals surface area contributed by atoms with Crippen molar-refractivity contribution in [3.8, 4) is 6.07 Å². The van der Waals surface area contributed by atoms with E-state index < -0.39 is 11.9 Å². The Morgan fingerprint density at radius 2 is 2.06 bits per heavy atom. The van der Waals surface area contributed by atoms with Crippen LogP contribution in [0.4, 0.5) is 0 Å². The number of rotatable bonds is 3. The third kappa shape index (κ3) is 2.95. The molecule has 0 aliphatic rings. The van der Waals surface area contributed by atoms with Gasteiger partial charge in [0.15, 0.2) is 0 Å². The van der Waals surface area contributed by atoms with Crippen molar-refractivity contribution in [1.29, 1.82) is 5.26 Å². The zero-order chi connectivity index (χ0) is 12.8. The van der Waals surface area contributed by atoms with Gasteiger partial charge in [-0.1, -0.05) is 0 Å². The fourth-order valence-corrected chi connectivity index (χ4v) is 1.03. The minimum absolute atomic E-state index is 0.0131. The van der Waals surface area contributed by atoms with Crippen LogP contribution in [-0.4, -0.2) is 26.2 Å². The third-order valence-corrected chi connectivity index (χ3v) is 1.83. The van der Waals surface area contributed by atoms with Crippen LogP contribution in [0.25, 0.3) is 6.08 Å². The predicted molar refractivity (Wildman–Crippen MR) is 55.7 cm³/mol. The summed E-state index contributed by atoms with van der Waals surface area (Å²) in [5.74, 6) is -1.24. The van der Waals surface area contributed by atoms with E-state index in [1.54, 1.807) is 6.07 Å². The van der Waals surface area contributed by atoms with Gasteiger partial charge in [-0.05, 0) is 12.1 Å². The number of carbonyl (C=O) groups excluding carboxylic acids is 2. The highest BCUT2D eigenvalue weighted by Gasteiger charge is 2.13. The molecule has 1 rings (SSSR count). The number of hydrogen-bond acceptors (Lipinski definition) is 6. The molecule has 0 aliphatic heterocycles. The van der Waals surface area contributed by atoms with Gasteiger partial charge in [0.2, 0.25) is 5.76 Å². The van der Waals surface area contributed by atoms with E-state index in [0.29, 0.717) is 0 Å². The second kappa shape index (κ2) is 5.51. The zero-order valence-electron chi connectivity index (χ0n) is 9.22. The maximum atomic E-state index is 11.1. The van der Waals surface area contributed by atoms with Crippen LogP contribution in [-0.2, 0) is 14.3 Å². The van der Waals surface area contributed by atoms with Gasteiger partial charge in [-0.2, -0.15) is 5.26 Å². The molecule has 0 atom stereocenters. The predicted octanol–water partition coefficient (Wildman–Crippen LogP) is 1.15. The van der Waals surface area contributed by atoms with Crippen molar-refractivity contribution in [2.24, 2.45) is 0 Å². The normalized spacial score (nSPS) is 10.5. The van der Waals surface area contributed by atoms with Crippen molar-refractivity contribution in [3.05, 3.63) is 29.2 Å². The molecule has 6 heteroatoms. The summed E-state index contributed by atoms with van der Waals surface area (Å²) in [6, 6.07) is 4.48. The summed E-state index contributed by atoms with van der Waals surface area (Å²) < 4.78 is 13.9. The van der Waals surface area contributed by atoms with Gasteiger partial charge < -0.3 is 13.9 Å². The number of esters is 2. The fourth-order valence-electron chi connectivity index (χ4n) is 1.03. The molecule has 0 aliphatic carbocycles. The molecule has 0 fully saturated rings. The van der Waals surface area contributed by atoms with Crippen LogP contribution in [0.1, 0.15) is 16.3 Å². The van der Waals surface area contributed by atoms with Crippen molar-refractivity contribution in [2.75, 3.05) is 14.2 Å². The molecule has 1 aromatic rings. The molecule has 1 aromatic heterocycles. The topological polar surface area (TPSA) is 89.5 Å². The molecular weight excluding hydrogens is 226 g/mol. The first-order valence-corrected chi connectivity index (χ1v) is 4.50. The molecule has 0 amide bonds. The fraction of sp³-hybridized carbons (Fsp3) is 0.182. The molecule has 1 heterocycles. The molecule has 17 heavy (non-hydrogen) atoms. The first-order valence-electron chi connectivity index (χ1n) is 4.50. The molecular formula is C11H9NO5. The summed E-state index contributed by atoms with van der Waals surface area (Å²) in [6.07, 6.45) is 1.18. The number of hydrogen-bond donors (Lipinski definition) is 0. The van der Waals surface area contributed by atoms with Crippen LogP contribution < -0.4 is 0 Å². The number of nitriles is 1. The van der Waals surface area contributed by atoms with E-state index in [2.05, 4.69) is 9.47 Å². The Kier molecular flexibility index (Phi) is 4.06. The molecule has 88 valence electrons. The first-order chi connectivity index (χ1) is 8.12. The van der Waals surface area contributed by atoms with Gasteiger partial charge in [-0.15, -0.1) is 0 Å². The Morgan fingerprint density at radius 3 is 2.59 bits per heavy atom. The number of carbonyl (C=O) groups is 2. The van der Waals surface area contributed by atoms with Gasteiger partial charge in [0.25, 0.3) is 0 Å². The van der Waals surface area contributed by atoms with Crippen molar-refractivity contribution < 1.29 is 23.5 Å². The van der Waals surface area contributed by atoms with Crippen molar-refractivity contribution in [3.63, 3.8) is 0 Å². The maximum Gasteiger partial charge on any atom is 0.373 e. The number of ether oxygens (including phenoxy) is 2. The van der Waals surface area contributed by atoms with Gasteiger partial charge in [0, 0.05) is 6.08 Å². The Labute approximate surface area is 97.0 Å². The lowest BCUT2D eigenvalue weighted by Gasteiger charge is -1.95. The zero-order valence-corrected chi connectivity index (χ0v) is 9.22. The monoisotopic (exact) mass is 235 g/mol. The molecule has 0 unspecified atom stereocenters. The number of furan rings is 1. The molecule has 0 aromatic carbocycles. The lowest BCUT2D eigenvalue weighted by Crippen LogP contribution is -2.02. The Balaban J connectivity index is 2.99. The Bertz CT molecular complexity index is 506. The van der Waals surface area contributed by atoms with Crippen molar-refractivity contribution in [2.45, 2.75) is 0 Å². The molecule has 0 N–H and O–H groups in total. The van der Waals surface area contributed by atoms with E-state index in [1.165, 1.54) is 25.3 Å². The highest BCUT2D eigenvalue weighted by molar-refractivity contribution is 5.97. The van der Waals surface area contributed by atoms with Crippen LogP contribution in [0.3, 0.4) is 0 Å². The third-order valence-electron chi connectivity index (χ3n) is 1.83. The van der Waals surface area contributed by atoms with Gasteiger partial charge in [-0.25, -0.2) is 9.59 Å². The van der Waals surface area contributed by atoms with Crippen LogP contribution in [0.2, 0.25) is 0 Å². The van der Waals surface area contributed by atoms with Gasteiger partial charge in [0.05, 0.1) is 14.2 Å². The molecule has 0 saturated carbocycles. The van der Waals surface area contributed by atoms with Crippen LogP contribution in [0.5, 0.6) is 0 Å². The summed E-state index contributed by atoms with van der Waals surface area (Å²) in [5, 5.41) is 8.70. The molecule has 6 nitrogen and oxygen atoms in total. The quantitative estimate of drug-likeness (QED) is 0.443. The molecule has 0 radical (unpaired) electrons. The average molecular weight is 235 g/mol. The highest BCUT2D eigenvalue weighted by atomic mass is 16.5. The van der Waals surface area contributed by atoms with Crippen molar-refractivity contribution >= 4 is 18.0 Å². The summed E-state index contributed by atoms with van der Waals surface area (Å²) in [5.41, 5.74) is -0.224. The average Bonchev–Trinajstić information content (AvgIpc) is 2.82. The van der Waals surface area contributed by atoms with Gasteiger partial charge in [0.1, 0.15) is 17.4 Å². The van der Waals surface area contributed by atoms with Crippen LogP contribution in [0, 0.1) is 11.3 Å². The van der Waals surface area contributed by atoms with E-state index in [9.17, 15) is 9.59 Å².